The Morgan fingerprint density at radius 1 is 1.10 bits per heavy atom. The third kappa shape index (κ3) is 3.21. The summed E-state index contributed by atoms with van der Waals surface area (Å²) in [6.45, 7) is 0.847. The van der Waals surface area contributed by atoms with Gasteiger partial charge in [-0.2, -0.15) is 0 Å². The Labute approximate surface area is 142 Å². The summed E-state index contributed by atoms with van der Waals surface area (Å²) in [4.78, 5) is 5.91. The molecule has 0 N–H and O–H groups in total. The molecule has 0 spiro atoms. The monoisotopic (exact) mass is 358 g/mol. The largest absolute Gasteiger partial charge is 0.328 e. The summed E-state index contributed by atoms with van der Waals surface area (Å²) in [6.07, 6.45) is 1.66. The van der Waals surface area contributed by atoms with Gasteiger partial charge in [-0.05, 0) is 30.7 Å². The van der Waals surface area contributed by atoms with Crippen LogP contribution in [0.5, 0.6) is 0 Å². The Morgan fingerprint density at radius 3 is 2.67 bits per heavy atom. The number of alkyl halides is 1. The van der Waals surface area contributed by atoms with Gasteiger partial charge in [-0.1, -0.05) is 29.3 Å². The minimum atomic E-state index is 0.547. The second-order valence-electron chi connectivity index (χ2n) is 4.68. The number of rotatable bonds is 5. The lowest BCUT2D eigenvalue weighted by atomic mass is 10.3. The fourth-order valence-electron chi connectivity index (χ4n) is 2.39. The highest BCUT2D eigenvalue weighted by atomic mass is 35.5. The maximum absolute atomic E-state index is 6.24. The van der Waals surface area contributed by atoms with Gasteiger partial charge in [0.2, 0.25) is 0 Å². The van der Waals surface area contributed by atoms with Crippen molar-refractivity contribution in [1.29, 1.82) is 0 Å². The Balaban J connectivity index is 1.95. The van der Waals surface area contributed by atoms with Gasteiger partial charge in [-0.15, -0.1) is 22.9 Å². The number of imidazole rings is 1. The van der Waals surface area contributed by atoms with Crippen LogP contribution < -0.4 is 0 Å². The van der Waals surface area contributed by atoms with E-state index in [2.05, 4.69) is 15.6 Å². The number of thiophene rings is 1. The third-order valence-electron chi connectivity index (χ3n) is 3.34. The van der Waals surface area contributed by atoms with Gasteiger partial charge in [0.15, 0.2) is 0 Å². The predicted octanol–water partition coefficient (Wildman–Crippen LogP) is 5.43. The van der Waals surface area contributed by atoms with E-state index in [0.717, 1.165) is 40.6 Å². The van der Waals surface area contributed by atoms with Crippen LogP contribution >= 0.6 is 46.1 Å². The van der Waals surface area contributed by atoms with Gasteiger partial charge in [-0.25, -0.2) is 4.98 Å². The van der Waals surface area contributed by atoms with Crippen LogP contribution in [0, 0.1) is 0 Å². The molecule has 0 radical (unpaired) electrons. The fraction of sp³-hybridized carbons (Fsp3) is 0.267. The summed E-state index contributed by atoms with van der Waals surface area (Å²) in [5.41, 5.74) is 1.91. The van der Waals surface area contributed by atoms with Gasteiger partial charge in [0, 0.05) is 23.7 Å². The van der Waals surface area contributed by atoms with Gasteiger partial charge in [0.1, 0.15) is 11.3 Å². The summed E-state index contributed by atoms with van der Waals surface area (Å²) in [6, 6.07) is 9.87. The molecule has 3 rings (SSSR count). The van der Waals surface area contributed by atoms with Crippen molar-refractivity contribution >= 4 is 57.2 Å². The highest BCUT2D eigenvalue weighted by Gasteiger charge is 2.12. The van der Waals surface area contributed by atoms with Gasteiger partial charge in [0.05, 0.1) is 14.9 Å². The van der Waals surface area contributed by atoms with E-state index in [9.17, 15) is 0 Å². The van der Waals surface area contributed by atoms with Crippen molar-refractivity contribution in [3.8, 4) is 0 Å². The average Bonchev–Trinajstić information content (AvgIpc) is 3.02. The highest BCUT2D eigenvalue weighted by Crippen LogP contribution is 2.26. The lowest BCUT2D eigenvalue weighted by Crippen LogP contribution is -2.06. The number of aryl methyl sites for hydroxylation is 3. The van der Waals surface area contributed by atoms with Gasteiger partial charge < -0.3 is 4.57 Å². The van der Waals surface area contributed by atoms with Crippen molar-refractivity contribution in [3.63, 3.8) is 0 Å². The molecule has 0 saturated carbocycles. The fourth-order valence-corrected chi connectivity index (χ4v) is 3.85. The quantitative estimate of drug-likeness (QED) is 0.555. The average molecular weight is 360 g/mol. The van der Waals surface area contributed by atoms with Crippen LogP contribution in [0.15, 0.2) is 30.3 Å². The molecule has 110 valence electrons. The Hall–Kier alpha value is -0.740. The van der Waals surface area contributed by atoms with Crippen LogP contribution in [0.25, 0.3) is 11.0 Å². The van der Waals surface area contributed by atoms with E-state index in [1.807, 2.05) is 24.3 Å². The molecule has 0 aliphatic carbocycles. The molecular weight excluding hydrogens is 347 g/mol. The maximum atomic E-state index is 6.24. The second kappa shape index (κ2) is 6.57. The zero-order valence-electron chi connectivity index (χ0n) is 11.2. The number of halogens is 3. The zero-order chi connectivity index (χ0) is 14.8. The Kier molecular flexibility index (Phi) is 4.75. The van der Waals surface area contributed by atoms with Crippen molar-refractivity contribution in [3.05, 3.63) is 50.4 Å². The first-order chi connectivity index (χ1) is 10.2. The lowest BCUT2D eigenvalue weighted by molar-refractivity contribution is 0.679. The van der Waals surface area contributed by atoms with Crippen LogP contribution in [0.4, 0.5) is 0 Å². The van der Waals surface area contributed by atoms with Crippen LogP contribution in [0.1, 0.15) is 10.7 Å². The predicted molar refractivity (Wildman–Crippen MR) is 92.2 cm³/mol. The van der Waals surface area contributed by atoms with Crippen molar-refractivity contribution in [2.75, 3.05) is 5.88 Å². The minimum absolute atomic E-state index is 0.547. The molecule has 0 fully saturated rings. The molecule has 2 nitrogen and oxygen atoms in total. The standard InChI is InChI=1S/C15H13Cl3N2S/c16-8-6-14-19-15-11(17)2-1-3-12(15)20(14)9-7-10-4-5-13(18)21-10/h1-5H,6-9H2. The summed E-state index contributed by atoms with van der Waals surface area (Å²) in [5.74, 6) is 1.53. The molecule has 2 heterocycles. The molecule has 0 amide bonds. The van der Waals surface area contributed by atoms with E-state index in [4.69, 9.17) is 34.8 Å². The molecule has 2 aromatic heterocycles. The number of nitrogens with zero attached hydrogens (tertiary/aromatic N) is 2. The number of hydrogen-bond acceptors (Lipinski definition) is 2. The molecule has 0 aliphatic heterocycles. The molecule has 0 unspecified atom stereocenters. The van der Waals surface area contributed by atoms with E-state index < -0.39 is 0 Å². The van der Waals surface area contributed by atoms with E-state index in [0.29, 0.717) is 10.9 Å². The normalized spacial score (nSPS) is 11.4. The molecule has 0 aliphatic rings. The summed E-state index contributed by atoms with van der Waals surface area (Å²) in [7, 11) is 0. The molecule has 0 atom stereocenters. The first-order valence-corrected chi connectivity index (χ1v) is 8.73. The first kappa shape index (κ1) is 15.2. The van der Waals surface area contributed by atoms with Gasteiger partial charge in [-0.3, -0.25) is 0 Å². The van der Waals surface area contributed by atoms with Crippen molar-refractivity contribution in [1.82, 2.24) is 9.55 Å². The topological polar surface area (TPSA) is 17.8 Å². The molecule has 3 aromatic rings. The zero-order valence-corrected chi connectivity index (χ0v) is 14.2. The number of para-hydroxylation sites is 1. The van der Waals surface area contributed by atoms with Crippen LogP contribution in [0.3, 0.4) is 0 Å². The summed E-state index contributed by atoms with van der Waals surface area (Å²) >= 11 is 19.7. The lowest BCUT2D eigenvalue weighted by Gasteiger charge is -2.07. The number of benzene rings is 1. The molecule has 0 bridgehead atoms. The molecule has 21 heavy (non-hydrogen) atoms. The minimum Gasteiger partial charge on any atom is -0.328 e. The summed E-state index contributed by atoms with van der Waals surface area (Å²) in [5, 5.41) is 0.682. The summed E-state index contributed by atoms with van der Waals surface area (Å²) < 4.78 is 3.03. The molecular formula is C15H13Cl3N2S. The van der Waals surface area contributed by atoms with Gasteiger partial charge in [0.25, 0.3) is 0 Å². The molecule has 0 saturated heterocycles. The number of hydrogen-bond donors (Lipinski definition) is 0. The van der Waals surface area contributed by atoms with Crippen molar-refractivity contribution < 1.29 is 0 Å². The highest BCUT2D eigenvalue weighted by molar-refractivity contribution is 7.16. The van der Waals surface area contributed by atoms with E-state index in [1.165, 1.54) is 4.88 Å². The maximum Gasteiger partial charge on any atom is 0.111 e. The SMILES string of the molecule is ClCCc1nc2c(Cl)cccc2n1CCc1ccc(Cl)s1. The molecule has 1 aromatic carbocycles. The Bertz CT molecular complexity index is 763. The first-order valence-electron chi connectivity index (χ1n) is 6.63. The van der Waals surface area contributed by atoms with Crippen LogP contribution in [-0.2, 0) is 19.4 Å². The smallest absolute Gasteiger partial charge is 0.111 e. The molecule has 6 heteroatoms. The second-order valence-corrected chi connectivity index (χ2v) is 7.27. The van der Waals surface area contributed by atoms with E-state index in [-0.39, 0.29) is 0 Å². The third-order valence-corrected chi connectivity index (χ3v) is 5.12. The Morgan fingerprint density at radius 2 is 1.95 bits per heavy atom. The van der Waals surface area contributed by atoms with Crippen LogP contribution in [0.2, 0.25) is 9.36 Å². The van der Waals surface area contributed by atoms with Crippen molar-refractivity contribution in [2.45, 2.75) is 19.4 Å². The van der Waals surface area contributed by atoms with E-state index in [1.54, 1.807) is 11.3 Å². The van der Waals surface area contributed by atoms with Crippen molar-refractivity contribution in [2.24, 2.45) is 0 Å². The van der Waals surface area contributed by atoms with E-state index >= 15 is 0 Å². The number of fused-ring (bicyclic) bond motifs is 1. The number of aromatic nitrogens is 2. The van der Waals surface area contributed by atoms with Gasteiger partial charge >= 0.3 is 0 Å². The van der Waals surface area contributed by atoms with Crippen LogP contribution in [-0.4, -0.2) is 15.4 Å².